The highest BCUT2D eigenvalue weighted by Gasteiger charge is 2.11. The first-order valence-corrected chi connectivity index (χ1v) is 6.83. The van der Waals surface area contributed by atoms with Crippen LogP contribution in [0.5, 0.6) is 0 Å². The molecule has 0 fully saturated rings. The fourth-order valence-corrected chi connectivity index (χ4v) is 1.99. The van der Waals surface area contributed by atoms with Crippen LogP contribution in [0.4, 0.5) is 11.5 Å². The van der Waals surface area contributed by atoms with E-state index in [2.05, 4.69) is 27.6 Å². The Labute approximate surface area is 123 Å². The summed E-state index contributed by atoms with van der Waals surface area (Å²) in [5.41, 5.74) is 5.51. The van der Waals surface area contributed by atoms with Gasteiger partial charge in [0.1, 0.15) is 5.82 Å². The summed E-state index contributed by atoms with van der Waals surface area (Å²) >= 11 is 0. The summed E-state index contributed by atoms with van der Waals surface area (Å²) in [6.07, 6.45) is 5.09. The third-order valence-corrected chi connectivity index (χ3v) is 3.06. The normalized spacial score (nSPS) is 10.2. The molecule has 0 spiro atoms. The lowest BCUT2D eigenvalue weighted by molar-refractivity contribution is 0.102. The van der Waals surface area contributed by atoms with Gasteiger partial charge < -0.3 is 10.7 Å². The second-order valence-corrected chi connectivity index (χ2v) is 4.77. The van der Waals surface area contributed by atoms with Crippen LogP contribution in [0.25, 0.3) is 0 Å². The number of amides is 1. The van der Waals surface area contributed by atoms with Crippen molar-refractivity contribution in [2.24, 2.45) is 5.84 Å². The number of carbonyl (C=O) groups is 1. The smallest absolute Gasteiger partial charge is 0.255 e. The summed E-state index contributed by atoms with van der Waals surface area (Å²) in [5.74, 6) is 5.70. The van der Waals surface area contributed by atoms with Crippen molar-refractivity contribution in [3.63, 3.8) is 0 Å². The average Bonchev–Trinajstić information content (AvgIpc) is 2.49. The average molecular weight is 285 g/mol. The minimum absolute atomic E-state index is 0.194. The Hall–Kier alpha value is -2.47. The van der Waals surface area contributed by atoms with E-state index >= 15 is 0 Å². The first kappa shape index (κ1) is 14.9. The van der Waals surface area contributed by atoms with Crippen molar-refractivity contribution in [3.05, 3.63) is 47.4 Å². The molecule has 0 aliphatic rings. The predicted octanol–water partition coefficient (Wildman–Crippen LogP) is 2.28. The van der Waals surface area contributed by atoms with E-state index in [1.807, 2.05) is 6.92 Å². The van der Waals surface area contributed by atoms with Gasteiger partial charge in [0.05, 0.1) is 0 Å². The molecule has 0 aromatic carbocycles. The van der Waals surface area contributed by atoms with E-state index in [0.29, 0.717) is 11.4 Å². The predicted molar refractivity (Wildman–Crippen MR) is 83.0 cm³/mol. The number of hydrogen-bond donors (Lipinski definition) is 3. The van der Waals surface area contributed by atoms with Crippen LogP contribution in [0.15, 0.2) is 30.6 Å². The molecule has 0 radical (unpaired) electrons. The van der Waals surface area contributed by atoms with Gasteiger partial charge in [-0.25, -0.2) is 10.8 Å². The molecule has 2 rings (SSSR count). The van der Waals surface area contributed by atoms with E-state index in [1.54, 1.807) is 30.6 Å². The quantitative estimate of drug-likeness (QED) is 0.579. The summed E-state index contributed by atoms with van der Waals surface area (Å²) in [5, 5.41) is 2.87. The highest BCUT2D eigenvalue weighted by molar-refractivity contribution is 6.05. The van der Waals surface area contributed by atoms with Crippen LogP contribution >= 0.6 is 0 Å². The van der Waals surface area contributed by atoms with Gasteiger partial charge in [-0.2, -0.15) is 0 Å². The number of nitrogens with one attached hydrogen (secondary N) is 2. The summed E-state index contributed by atoms with van der Waals surface area (Å²) in [7, 11) is 0. The molecule has 0 saturated carbocycles. The van der Waals surface area contributed by atoms with Crippen molar-refractivity contribution >= 4 is 17.4 Å². The molecule has 0 aliphatic heterocycles. The Kier molecular flexibility index (Phi) is 4.84. The molecule has 0 atom stereocenters. The highest BCUT2D eigenvalue weighted by atomic mass is 16.1. The lowest BCUT2D eigenvalue weighted by atomic mass is 10.1. The van der Waals surface area contributed by atoms with Gasteiger partial charge in [-0.3, -0.25) is 9.78 Å². The van der Waals surface area contributed by atoms with E-state index in [9.17, 15) is 4.79 Å². The number of aryl methyl sites for hydroxylation is 2. The van der Waals surface area contributed by atoms with Gasteiger partial charge in [-0.15, -0.1) is 0 Å². The van der Waals surface area contributed by atoms with E-state index in [1.165, 1.54) is 0 Å². The van der Waals surface area contributed by atoms with E-state index in [-0.39, 0.29) is 5.91 Å². The van der Waals surface area contributed by atoms with Crippen LogP contribution in [-0.4, -0.2) is 15.9 Å². The molecular weight excluding hydrogens is 266 g/mol. The maximum atomic E-state index is 12.4. The summed E-state index contributed by atoms with van der Waals surface area (Å²) in [4.78, 5) is 20.7. The Morgan fingerprint density at radius 2 is 2.19 bits per heavy atom. The van der Waals surface area contributed by atoms with Crippen LogP contribution in [0, 0.1) is 6.92 Å². The van der Waals surface area contributed by atoms with Gasteiger partial charge in [-0.1, -0.05) is 13.3 Å². The van der Waals surface area contributed by atoms with Crippen LogP contribution in [0.1, 0.15) is 35.0 Å². The number of aromatic nitrogens is 2. The molecule has 0 saturated heterocycles. The maximum absolute atomic E-state index is 12.4. The van der Waals surface area contributed by atoms with Crippen molar-refractivity contribution < 1.29 is 4.79 Å². The van der Waals surface area contributed by atoms with Crippen LogP contribution < -0.4 is 16.6 Å². The molecule has 2 aromatic rings. The molecule has 110 valence electrons. The first-order valence-electron chi connectivity index (χ1n) is 6.83. The minimum Gasteiger partial charge on any atom is -0.322 e. The monoisotopic (exact) mass is 285 g/mol. The number of nitrogens with two attached hydrogens (primary N) is 1. The summed E-state index contributed by atoms with van der Waals surface area (Å²) in [6, 6.07) is 5.19. The molecule has 0 aliphatic carbocycles. The number of hydrazine groups is 1. The SMILES string of the molecule is CCCc1cc(C(=O)Nc2ccncc2C)cc(NN)n1. The fraction of sp³-hybridized carbons (Fsp3) is 0.267. The number of pyridine rings is 2. The molecule has 0 unspecified atom stereocenters. The summed E-state index contributed by atoms with van der Waals surface area (Å²) < 4.78 is 0. The number of hydrogen-bond acceptors (Lipinski definition) is 5. The Bertz CT molecular complexity index is 642. The lowest BCUT2D eigenvalue weighted by Crippen LogP contribution is -2.16. The Morgan fingerprint density at radius 1 is 1.38 bits per heavy atom. The second-order valence-electron chi connectivity index (χ2n) is 4.77. The third-order valence-electron chi connectivity index (χ3n) is 3.06. The number of anilines is 2. The van der Waals surface area contributed by atoms with Gasteiger partial charge in [-0.05, 0) is 37.1 Å². The van der Waals surface area contributed by atoms with Gasteiger partial charge in [0.15, 0.2) is 0 Å². The van der Waals surface area contributed by atoms with Crippen LogP contribution in [0.2, 0.25) is 0 Å². The second kappa shape index (κ2) is 6.81. The molecule has 1 amide bonds. The van der Waals surface area contributed by atoms with Crippen molar-refractivity contribution in [3.8, 4) is 0 Å². The van der Waals surface area contributed by atoms with Crippen molar-refractivity contribution in [1.29, 1.82) is 0 Å². The molecule has 6 heteroatoms. The molecular formula is C15H19N5O. The van der Waals surface area contributed by atoms with E-state index < -0.39 is 0 Å². The number of nitrogens with zero attached hydrogens (tertiary/aromatic N) is 2. The molecule has 6 nitrogen and oxygen atoms in total. The van der Waals surface area contributed by atoms with Gasteiger partial charge in [0.25, 0.3) is 5.91 Å². The molecule has 0 bridgehead atoms. The standard InChI is InChI=1S/C15H19N5O/c1-3-4-12-7-11(8-14(18-12)20-16)15(21)19-13-5-6-17-9-10(13)2/h5-9H,3-4,16H2,1-2H3,(H,18,20)(H,17,19,21). The zero-order valence-electron chi connectivity index (χ0n) is 12.2. The molecule has 21 heavy (non-hydrogen) atoms. The van der Waals surface area contributed by atoms with Crippen molar-refractivity contribution in [1.82, 2.24) is 9.97 Å². The van der Waals surface area contributed by atoms with Crippen molar-refractivity contribution in [2.45, 2.75) is 26.7 Å². The number of rotatable bonds is 5. The fourth-order valence-electron chi connectivity index (χ4n) is 1.99. The maximum Gasteiger partial charge on any atom is 0.255 e. The Morgan fingerprint density at radius 3 is 2.86 bits per heavy atom. The van der Waals surface area contributed by atoms with Gasteiger partial charge in [0, 0.05) is 29.3 Å². The zero-order chi connectivity index (χ0) is 15.2. The minimum atomic E-state index is -0.194. The third kappa shape index (κ3) is 3.76. The topological polar surface area (TPSA) is 92.9 Å². The first-order chi connectivity index (χ1) is 10.1. The zero-order valence-corrected chi connectivity index (χ0v) is 12.2. The highest BCUT2D eigenvalue weighted by Crippen LogP contribution is 2.16. The van der Waals surface area contributed by atoms with Crippen LogP contribution in [0.3, 0.4) is 0 Å². The molecule has 2 heterocycles. The number of nitrogen functional groups attached to an aromatic ring is 1. The molecule has 2 aromatic heterocycles. The van der Waals surface area contributed by atoms with Crippen molar-refractivity contribution in [2.75, 3.05) is 10.7 Å². The van der Waals surface area contributed by atoms with Gasteiger partial charge in [0.2, 0.25) is 0 Å². The van der Waals surface area contributed by atoms with E-state index in [0.717, 1.165) is 29.8 Å². The van der Waals surface area contributed by atoms with E-state index in [4.69, 9.17) is 5.84 Å². The largest absolute Gasteiger partial charge is 0.322 e. The Balaban J connectivity index is 2.26. The molecule has 4 N–H and O–H groups in total. The summed E-state index contributed by atoms with van der Waals surface area (Å²) in [6.45, 7) is 3.95. The van der Waals surface area contributed by atoms with Crippen LogP contribution in [-0.2, 0) is 6.42 Å². The number of carbonyl (C=O) groups excluding carboxylic acids is 1. The lowest BCUT2D eigenvalue weighted by Gasteiger charge is -2.10. The van der Waals surface area contributed by atoms with Gasteiger partial charge >= 0.3 is 0 Å².